The molecule has 0 atom stereocenters. The maximum Gasteiger partial charge on any atom is 0.304 e. The molecule has 68 heavy (non-hydrogen) atoms. The second kappa shape index (κ2) is 19.6. The van der Waals surface area contributed by atoms with E-state index in [1.54, 1.807) is 0 Å². The van der Waals surface area contributed by atoms with E-state index in [9.17, 15) is 19.2 Å². The molecule has 0 aromatic carbocycles. The predicted molar refractivity (Wildman–Crippen MR) is 261 cm³/mol. The Balaban J connectivity index is 1.31. The number of hydrogen-bond acceptors (Lipinski definition) is 14. The minimum atomic E-state index is -0.374. The molecule has 8 bridgehead atoms. The summed E-state index contributed by atoms with van der Waals surface area (Å²) < 4.78 is 21.7. The molecule has 0 radical (unpaired) electrons. The van der Waals surface area contributed by atoms with Crippen molar-refractivity contribution in [1.29, 1.82) is 0 Å². The van der Waals surface area contributed by atoms with Crippen LogP contribution in [0.2, 0.25) is 0 Å². The molecule has 3 aromatic heterocycles. The lowest BCUT2D eigenvalue weighted by atomic mass is 10.0. The quantitative estimate of drug-likeness (QED) is 0.0925. The summed E-state index contributed by atoms with van der Waals surface area (Å²) in [4.78, 5) is 73.6. The molecule has 0 unspecified atom stereocenters. The monoisotopic (exact) mass is 914 g/mol. The fourth-order valence-corrected chi connectivity index (χ4v) is 8.68. The highest BCUT2D eigenvalue weighted by Crippen LogP contribution is 2.37. The second-order valence-corrected chi connectivity index (χ2v) is 16.7. The van der Waals surface area contributed by atoms with E-state index < -0.39 is 0 Å². The molecule has 0 saturated carbocycles. The van der Waals surface area contributed by atoms with Crippen LogP contribution in [0.5, 0.6) is 0 Å². The van der Waals surface area contributed by atoms with Crippen molar-refractivity contribution in [2.45, 2.75) is 27.7 Å². The maximum absolute atomic E-state index is 11.9. The van der Waals surface area contributed by atoms with Crippen LogP contribution in [0.3, 0.4) is 0 Å². The van der Waals surface area contributed by atoms with Crippen LogP contribution in [0, 0.1) is 0 Å². The Labute approximate surface area is 392 Å². The predicted octanol–water partition coefficient (Wildman–Crippen LogP) is 7.59. The lowest BCUT2D eigenvalue weighted by molar-refractivity contribution is -0.145. The summed E-state index contributed by atoms with van der Waals surface area (Å²) >= 11 is 0. The number of nitrogens with one attached hydrogen (secondary N) is 2. The van der Waals surface area contributed by atoms with Gasteiger partial charge in [0.15, 0.2) is 26.9 Å². The van der Waals surface area contributed by atoms with Crippen molar-refractivity contribution in [2.24, 2.45) is 0 Å². The van der Waals surface area contributed by atoms with Crippen molar-refractivity contribution in [1.82, 2.24) is 39.5 Å². The van der Waals surface area contributed by atoms with E-state index in [-0.39, 0.29) is 50.8 Å². The van der Waals surface area contributed by atoms with Gasteiger partial charge >= 0.3 is 23.9 Å². The van der Waals surface area contributed by atoms with Gasteiger partial charge in [0.1, 0.15) is 0 Å². The standard InChI is InChI=1S/C52H50N8O8/c1-33(61)65-29-57-21-5-9-37(25-57)49-41-13-15-43(53-41)50(38-10-6-22-58(26-38)30-66-34(2)62)45-17-19-47(55-45)52(40-12-8-24-60(28-40)32-68-36(4)64)48-20-18-46(56-48)51(44-16-14-42(49)54-44)39-11-7-23-59(27-39)31-67-35(3)63/h5-24,53,56H,25-32H2,1-4H3. The molecule has 9 heterocycles. The Hall–Kier alpha value is -8.40. The van der Waals surface area contributed by atoms with E-state index >= 15 is 0 Å². The number of fused-ring (bicyclic) bond motifs is 8. The van der Waals surface area contributed by atoms with Crippen molar-refractivity contribution in [3.63, 3.8) is 0 Å². The highest BCUT2D eigenvalue weighted by atomic mass is 16.6. The van der Waals surface area contributed by atoms with Gasteiger partial charge in [-0.15, -0.1) is 0 Å². The van der Waals surface area contributed by atoms with Crippen LogP contribution in [-0.4, -0.2) is 117 Å². The molecule has 346 valence electrons. The fourth-order valence-electron chi connectivity index (χ4n) is 8.68. The van der Waals surface area contributed by atoms with Gasteiger partial charge in [-0.25, -0.2) is 9.97 Å². The van der Waals surface area contributed by atoms with Crippen LogP contribution in [0.1, 0.15) is 72.7 Å². The first-order valence-corrected chi connectivity index (χ1v) is 22.1. The number of allylic oxidation sites excluding steroid dienone is 8. The number of aromatic amines is 2. The SMILES string of the molecule is CC(=O)OCN1C=CC=C(c2c3nc(c(C4=CC=CN(COC(C)=O)C4)c4ccc([nH]4)c(C4=CC=CN(COC(C)=O)C4)c4nc(c(C5=CC=CN(COC(C)=O)C5)c5ccc2[nH]5)C=C4)C=C3)C1. The summed E-state index contributed by atoms with van der Waals surface area (Å²) in [7, 11) is 0. The molecular weight excluding hydrogens is 865 g/mol. The van der Waals surface area contributed by atoms with Crippen molar-refractivity contribution in [3.8, 4) is 0 Å². The lowest BCUT2D eigenvalue weighted by Gasteiger charge is -2.25. The van der Waals surface area contributed by atoms with Crippen LogP contribution in [0.15, 0.2) is 97.7 Å². The largest absolute Gasteiger partial charge is 0.444 e. The van der Waals surface area contributed by atoms with E-state index in [0.29, 0.717) is 49.0 Å². The zero-order valence-electron chi connectivity index (χ0n) is 38.2. The summed E-state index contributed by atoms with van der Waals surface area (Å²) in [6.45, 7) is 7.60. The number of hydrogen-bond donors (Lipinski definition) is 2. The summed E-state index contributed by atoms with van der Waals surface area (Å²) in [5.41, 5.74) is 13.2. The molecule has 6 aliphatic heterocycles. The van der Waals surface area contributed by atoms with Gasteiger partial charge in [0.05, 0.1) is 22.8 Å². The van der Waals surface area contributed by atoms with Gasteiger partial charge < -0.3 is 48.5 Å². The van der Waals surface area contributed by atoms with Crippen LogP contribution < -0.4 is 0 Å². The first-order valence-electron chi connectivity index (χ1n) is 22.1. The Kier molecular flexibility index (Phi) is 12.9. The Morgan fingerprint density at radius 2 is 0.662 bits per heavy atom. The number of aromatic nitrogens is 4. The summed E-state index contributed by atoms with van der Waals surface area (Å²) in [6.07, 6.45) is 31.6. The molecule has 0 saturated heterocycles. The third-order valence-electron chi connectivity index (χ3n) is 11.6. The number of rotatable bonds is 12. The summed E-state index contributed by atoms with van der Waals surface area (Å²) in [5.74, 6) is -1.50. The minimum Gasteiger partial charge on any atom is -0.444 e. The maximum atomic E-state index is 11.9. The number of carbonyl (C=O) groups excluding carboxylic acids is 4. The van der Waals surface area contributed by atoms with Gasteiger partial charge in [-0.3, -0.25) is 19.2 Å². The average molecular weight is 915 g/mol. The van der Waals surface area contributed by atoms with Gasteiger partial charge in [-0.05, 0) is 95.2 Å². The van der Waals surface area contributed by atoms with E-state index in [4.69, 9.17) is 28.9 Å². The summed E-state index contributed by atoms with van der Waals surface area (Å²) in [5, 5.41) is 0. The third kappa shape index (κ3) is 10.0. The lowest BCUT2D eigenvalue weighted by Crippen LogP contribution is -2.26. The van der Waals surface area contributed by atoms with E-state index in [1.165, 1.54) is 27.7 Å². The second-order valence-electron chi connectivity index (χ2n) is 16.7. The zero-order chi connectivity index (χ0) is 47.3. The molecule has 9 rings (SSSR count). The van der Waals surface area contributed by atoms with Gasteiger partial charge in [-0.2, -0.15) is 0 Å². The van der Waals surface area contributed by atoms with Gasteiger partial charge in [0.2, 0.25) is 0 Å². The molecule has 0 aliphatic carbocycles. The zero-order valence-corrected chi connectivity index (χ0v) is 38.2. The molecule has 6 aliphatic rings. The average Bonchev–Trinajstić information content (AvgIpc) is 4.18. The van der Waals surface area contributed by atoms with Crippen LogP contribution in [0.25, 0.3) is 68.7 Å². The fraction of sp³-hybridized carbons (Fsp3) is 0.231. The van der Waals surface area contributed by atoms with Crippen molar-refractivity contribution in [2.75, 3.05) is 53.1 Å². The van der Waals surface area contributed by atoms with Gasteiger partial charge in [-0.1, -0.05) is 24.3 Å². The van der Waals surface area contributed by atoms with E-state index in [1.807, 2.05) is 142 Å². The molecule has 2 N–H and O–H groups in total. The first kappa shape index (κ1) is 44.8. The van der Waals surface area contributed by atoms with E-state index in [0.717, 1.165) is 66.6 Å². The minimum absolute atomic E-state index is 0.0789. The molecule has 3 aromatic rings. The van der Waals surface area contributed by atoms with Crippen LogP contribution >= 0.6 is 0 Å². The number of esters is 4. The Morgan fingerprint density at radius 1 is 0.426 bits per heavy atom. The normalized spacial score (nSPS) is 16.1. The number of nitrogens with zero attached hydrogens (tertiary/aromatic N) is 6. The van der Waals surface area contributed by atoms with E-state index in [2.05, 4.69) is 9.97 Å². The number of H-pyrrole nitrogens is 2. The Bertz CT molecular complexity index is 2680. The summed E-state index contributed by atoms with van der Waals surface area (Å²) in [6, 6.07) is 8.18. The molecule has 0 spiro atoms. The highest BCUT2D eigenvalue weighted by Gasteiger charge is 2.25. The molecular formula is C52H50N8O8. The van der Waals surface area contributed by atoms with Crippen molar-refractivity contribution in [3.05, 3.63) is 143 Å². The van der Waals surface area contributed by atoms with Crippen LogP contribution in [0.4, 0.5) is 0 Å². The number of ether oxygens (including phenoxy) is 4. The highest BCUT2D eigenvalue weighted by molar-refractivity contribution is 5.97. The molecule has 16 nitrogen and oxygen atoms in total. The van der Waals surface area contributed by atoms with Crippen molar-refractivity contribution >= 4 is 92.5 Å². The van der Waals surface area contributed by atoms with Crippen LogP contribution in [-0.2, 0) is 38.1 Å². The van der Waals surface area contributed by atoms with Crippen molar-refractivity contribution < 1.29 is 38.1 Å². The molecule has 16 heteroatoms. The smallest absolute Gasteiger partial charge is 0.304 e. The number of carbonyl (C=O) groups is 4. The first-order chi connectivity index (χ1) is 32.9. The molecule has 0 fully saturated rings. The third-order valence-corrected chi connectivity index (χ3v) is 11.6. The molecule has 0 amide bonds. The van der Waals surface area contributed by atoms with Gasteiger partial charge in [0.25, 0.3) is 0 Å². The Morgan fingerprint density at radius 3 is 0.882 bits per heavy atom. The topological polar surface area (TPSA) is 176 Å². The van der Waals surface area contributed by atoms with Gasteiger partial charge in [0, 0.05) is 123 Å².